The van der Waals surface area contributed by atoms with E-state index in [1.165, 1.54) is 29.4 Å². The van der Waals surface area contributed by atoms with Crippen molar-refractivity contribution in [2.45, 2.75) is 63.0 Å². The van der Waals surface area contributed by atoms with E-state index in [9.17, 15) is 34.2 Å². The van der Waals surface area contributed by atoms with E-state index in [0.29, 0.717) is 25.7 Å². The highest BCUT2D eigenvalue weighted by molar-refractivity contribution is 9.11. The number of nitro groups is 1. The number of carbonyl (C=O) groups excluding carboxylic acids is 1. The van der Waals surface area contributed by atoms with Gasteiger partial charge in [0.1, 0.15) is 23.6 Å². The minimum absolute atomic E-state index is 0.0358. The van der Waals surface area contributed by atoms with Crippen LogP contribution in [0.2, 0.25) is 0 Å². The van der Waals surface area contributed by atoms with Gasteiger partial charge in [-0.25, -0.2) is 9.36 Å². The number of aliphatic hydroxyl groups excluding tert-OH is 1. The normalized spacial score (nSPS) is 23.1. The van der Waals surface area contributed by atoms with Crippen molar-refractivity contribution in [3.63, 3.8) is 0 Å². The van der Waals surface area contributed by atoms with Crippen molar-refractivity contribution in [2.24, 2.45) is 0 Å². The smallest absolute Gasteiger partial charge is 0.459 e. The Labute approximate surface area is 247 Å². The highest BCUT2D eigenvalue weighted by atomic mass is 79.9. The number of esters is 1. The molecule has 17 heteroatoms. The van der Waals surface area contributed by atoms with Crippen LogP contribution in [0.15, 0.2) is 45.0 Å². The second kappa shape index (κ2) is 13.4. The summed E-state index contributed by atoms with van der Waals surface area (Å²) in [5.74, 6) is -0.659. The first-order valence-corrected chi connectivity index (χ1v) is 15.6. The number of benzene rings is 1. The lowest BCUT2D eigenvalue weighted by molar-refractivity contribution is -0.384. The lowest BCUT2D eigenvalue weighted by Crippen LogP contribution is -2.50. The van der Waals surface area contributed by atoms with E-state index in [2.05, 4.69) is 26.0 Å². The van der Waals surface area contributed by atoms with Gasteiger partial charge in [-0.2, -0.15) is 5.09 Å². The van der Waals surface area contributed by atoms with E-state index in [0.717, 1.165) is 16.7 Å². The van der Waals surface area contributed by atoms with Crippen LogP contribution in [0, 0.1) is 10.1 Å². The van der Waals surface area contributed by atoms with Crippen molar-refractivity contribution in [1.82, 2.24) is 14.6 Å². The molecule has 15 nitrogen and oxygen atoms in total. The van der Waals surface area contributed by atoms with Crippen LogP contribution in [-0.4, -0.2) is 56.5 Å². The van der Waals surface area contributed by atoms with Gasteiger partial charge in [0.2, 0.25) is 0 Å². The molecule has 1 aliphatic carbocycles. The molecule has 0 bridgehead atoms. The summed E-state index contributed by atoms with van der Waals surface area (Å²) in [7, 11) is -4.42. The number of nitrogens with zero attached hydrogens (tertiary/aromatic N) is 2. The molecule has 0 amide bonds. The number of halogens is 1. The molecule has 2 unspecified atom stereocenters. The van der Waals surface area contributed by atoms with Gasteiger partial charge < -0.3 is 19.1 Å². The first-order chi connectivity index (χ1) is 20.0. The quantitative estimate of drug-likeness (QED) is 0.129. The van der Waals surface area contributed by atoms with Crippen molar-refractivity contribution in [3.05, 3.63) is 72.0 Å². The number of hydrogen-bond donors (Lipinski definition) is 3. The molecule has 4 rings (SSSR count). The van der Waals surface area contributed by atoms with Gasteiger partial charge in [0, 0.05) is 24.8 Å². The third-order valence-electron chi connectivity index (χ3n) is 6.91. The topological polar surface area (TPSA) is 201 Å². The zero-order chi connectivity index (χ0) is 30.5. The monoisotopic (exact) mass is 672 g/mol. The molecule has 1 saturated heterocycles. The molecule has 0 spiro atoms. The van der Waals surface area contributed by atoms with Crippen LogP contribution < -0.4 is 20.9 Å². The fourth-order valence-corrected chi connectivity index (χ4v) is 6.86. The second-order valence-corrected chi connectivity index (χ2v) is 11.9. The average molecular weight is 673 g/mol. The van der Waals surface area contributed by atoms with Crippen LogP contribution in [0.4, 0.5) is 5.69 Å². The number of H-pyrrole nitrogens is 1. The largest absolute Gasteiger partial charge is 0.465 e. The van der Waals surface area contributed by atoms with E-state index >= 15 is 0 Å². The SMILES string of the molecule is CCOC(=O)C1(NP(=O)(OC[C@H]2O[C@@H](n3cc(/C=C/Br)c(=O)[nH]c3=O)CC2O)Oc2ccc([N+](=O)[O-])cc2)CCCC1. The molecule has 4 atom stereocenters. The second-order valence-electron chi connectivity index (χ2n) is 9.73. The maximum Gasteiger partial charge on any atom is 0.459 e. The molecule has 228 valence electrons. The van der Waals surface area contributed by atoms with Crippen LogP contribution >= 0.6 is 23.7 Å². The fraction of sp³-hybridized carbons (Fsp3) is 0.480. The van der Waals surface area contributed by atoms with Crippen molar-refractivity contribution in [1.29, 1.82) is 0 Å². The van der Waals surface area contributed by atoms with Crippen molar-refractivity contribution < 1.29 is 37.9 Å². The Morgan fingerprint density at radius 1 is 1.33 bits per heavy atom. The maximum atomic E-state index is 14.2. The summed E-state index contributed by atoms with van der Waals surface area (Å²) in [6, 6.07) is 4.79. The number of rotatable bonds is 12. The predicted octanol–water partition coefficient (Wildman–Crippen LogP) is 3.13. The summed E-state index contributed by atoms with van der Waals surface area (Å²) in [5, 5.41) is 24.5. The summed E-state index contributed by atoms with van der Waals surface area (Å²) in [5.41, 5.74) is -2.78. The standard InChI is InChI=1S/C25H30BrN4O11P/c1-2-38-23(33)25(10-3-4-11-25)28-42(37,41-18-7-5-17(6-8-18)30(35)36)39-15-20-19(31)13-21(40-20)29-14-16(9-12-26)22(32)27-24(29)34/h5-9,12,14,19-21,31H,2-4,10-11,13,15H2,1H3,(H,28,37)(H,27,32,34)/b12-9+/t19?,20-,21-,42?/m1/s1. The highest BCUT2D eigenvalue weighted by Gasteiger charge is 2.49. The minimum Gasteiger partial charge on any atom is -0.465 e. The van der Waals surface area contributed by atoms with Gasteiger partial charge in [0.25, 0.3) is 11.2 Å². The third-order valence-corrected chi connectivity index (χ3v) is 8.81. The van der Waals surface area contributed by atoms with Crippen molar-refractivity contribution >= 4 is 41.4 Å². The molecular weight excluding hydrogens is 643 g/mol. The Bertz CT molecular complexity index is 1490. The van der Waals surface area contributed by atoms with Gasteiger partial charge in [0.05, 0.1) is 29.8 Å². The minimum atomic E-state index is -4.42. The Morgan fingerprint density at radius 3 is 2.64 bits per heavy atom. The van der Waals surface area contributed by atoms with Crippen molar-refractivity contribution in [3.8, 4) is 5.75 Å². The highest BCUT2D eigenvalue weighted by Crippen LogP contribution is 2.50. The van der Waals surface area contributed by atoms with Crippen LogP contribution in [0.3, 0.4) is 0 Å². The number of carbonyl (C=O) groups is 1. The van der Waals surface area contributed by atoms with Gasteiger partial charge >= 0.3 is 19.4 Å². The Balaban J connectivity index is 1.56. The van der Waals surface area contributed by atoms with Gasteiger partial charge in [-0.15, -0.1) is 0 Å². The molecule has 0 radical (unpaired) electrons. The maximum absolute atomic E-state index is 14.2. The summed E-state index contributed by atoms with van der Waals surface area (Å²) >= 11 is 3.08. The lowest BCUT2D eigenvalue weighted by Gasteiger charge is -2.32. The number of hydrogen-bond acceptors (Lipinski definition) is 11. The molecule has 2 aromatic rings. The molecule has 42 heavy (non-hydrogen) atoms. The Morgan fingerprint density at radius 2 is 2.02 bits per heavy atom. The summed E-state index contributed by atoms with van der Waals surface area (Å²) < 4.78 is 37.7. The van der Waals surface area contributed by atoms with Gasteiger partial charge in [0.15, 0.2) is 0 Å². The number of aliphatic hydroxyl groups is 1. The Hall–Kier alpha value is -3.14. The lowest BCUT2D eigenvalue weighted by atomic mass is 10.00. The molecule has 1 aliphatic heterocycles. The summed E-state index contributed by atoms with van der Waals surface area (Å²) in [4.78, 5) is 51.5. The number of aromatic amines is 1. The first-order valence-electron chi connectivity index (χ1n) is 13.1. The number of non-ortho nitro benzene ring substituents is 1. The van der Waals surface area contributed by atoms with Gasteiger partial charge in [-0.05, 0) is 43.0 Å². The van der Waals surface area contributed by atoms with E-state index in [4.69, 9.17) is 18.5 Å². The van der Waals surface area contributed by atoms with Crippen LogP contribution in [0.1, 0.15) is 50.8 Å². The van der Waals surface area contributed by atoms with E-state index in [-0.39, 0.29) is 30.0 Å². The average Bonchev–Trinajstić information content (AvgIpc) is 3.56. The molecule has 2 heterocycles. The van der Waals surface area contributed by atoms with Crippen LogP contribution in [-0.2, 0) is 23.4 Å². The fourth-order valence-electron chi connectivity index (χ4n) is 4.83. The Kier molecular flexibility index (Phi) is 10.2. The molecule has 2 aliphatic rings. The van der Waals surface area contributed by atoms with E-state index in [1.807, 2.05) is 0 Å². The number of aromatic nitrogens is 2. The predicted molar refractivity (Wildman–Crippen MR) is 152 cm³/mol. The molecular formula is C25H30BrN4O11P. The van der Waals surface area contributed by atoms with Crippen LogP contribution in [0.5, 0.6) is 5.75 Å². The van der Waals surface area contributed by atoms with Crippen molar-refractivity contribution in [2.75, 3.05) is 13.2 Å². The molecule has 3 N–H and O–H groups in total. The summed E-state index contributed by atoms with van der Waals surface area (Å²) in [6.45, 7) is 1.25. The number of nitrogens with one attached hydrogen (secondary N) is 2. The van der Waals surface area contributed by atoms with Crippen LogP contribution in [0.25, 0.3) is 6.08 Å². The first kappa shape index (κ1) is 31.8. The molecule has 1 aromatic heterocycles. The van der Waals surface area contributed by atoms with E-state index in [1.54, 1.807) is 6.92 Å². The molecule has 1 saturated carbocycles. The molecule has 1 aromatic carbocycles. The zero-order valence-electron chi connectivity index (χ0n) is 22.5. The third kappa shape index (κ3) is 7.25. The zero-order valence-corrected chi connectivity index (χ0v) is 25.0. The molecule has 2 fully saturated rings. The number of ether oxygens (including phenoxy) is 2. The summed E-state index contributed by atoms with van der Waals surface area (Å²) in [6.07, 6.45) is 1.33. The van der Waals surface area contributed by atoms with E-state index < -0.39 is 60.5 Å². The van der Waals surface area contributed by atoms with Gasteiger partial charge in [-0.1, -0.05) is 28.8 Å². The number of nitro benzene ring substituents is 1. The van der Waals surface area contributed by atoms with Gasteiger partial charge in [-0.3, -0.25) is 33.8 Å².